The summed E-state index contributed by atoms with van der Waals surface area (Å²) in [5, 5.41) is 1.19. The standard InChI is InChI=1S/C14H18NSSi/c1-5-15-12-8-6-7-9-13(12)16-14(15)10-11-17(2,3)4/h6-9H,5H2,1-4H3/q+1. The summed E-state index contributed by atoms with van der Waals surface area (Å²) < 4.78 is 3.64. The topological polar surface area (TPSA) is 3.88 Å². The largest absolute Gasteiger partial charge is 0.314 e. The summed E-state index contributed by atoms with van der Waals surface area (Å²) >= 11 is 1.80. The Morgan fingerprint density at radius 2 is 1.94 bits per heavy atom. The summed E-state index contributed by atoms with van der Waals surface area (Å²) in [6.45, 7) is 10.0. The van der Waals surface area contributed by atoms with Gasteiger partial charge in [-0.2, -0.15) is 4.57 Å². The first-order valence-corrected chi connectivity index (χ1v) is 10.3. The molecule has 0 spiro atoms. The summed E-state index contributed by atoms with van der Waals surface area (Å²) in [5.74, 6) is 3.39. The molecule has 0 atom stereocenters. The number of hydrogen-bond donors (Lipinski definition) is 0. The lowest BCUT2D eigenvalue weighted by atomic mass is 10.3. The molecule has 0 aliphatic carbocycles. The van der Waals surface area contributed by atoms with Crippen molar-refractivity contribution in [3.8, 4) is 11.5 Å². The molecule has 2 aromatic rings. The summed E-state index contributed by atoms with van der Waals surface area (Å²) in [6, 6.07) is 8.53. The van der Waals surface area contributed by atoms with E-state index in [1.54, 1.807) is 11.3 Å². The molecule has 0 fully saturated rings. The van der Waals surface area contributed by atoms with Gasteiger partial charge in [-0.15, -0.1) is 5.54 Å². The number of fused-ring (bicyclic) bond motifs is 1. The SMILES string of the molecule is CC[n+]1c(C#C[Si](C)(C)C)sc2ccccc21. The van der Waals surface area contributed by atoms with Crippen LogP contribution in [0.3, 0.4) is 0 Å². The zero-order valence-corrected chi connectivity index (χ0v) is 12.7. The zero-order valence-electron chi connectivity index (χ0n) is 10.9. The second-order valence-corrected chi connectivity index (χ2v) is 10.9. The molecular weight excluding hydrogens is 242 g/mol. The number of aromatic nitrogens is 1. The molecule has 0 amide bonds. The maximum absolute atomic E-state index is 3.45. The van der Waals surface area contributed by atoms with Crippen LogP contribution in [0.1, 0.15) is 11.9 Å². The highest BCUT2D eigenvalue weighted by Crippen LogP contribution is 2.19. The van der Waals surface area contributed by atoms with E-state index in [9.17, 15) is 0 Å². The average Bonchev–Trinajstić information content (AvgIpc) is 2.63. The number of benzene rings is 1. The van der Waals surface area contributed by atoms with Gasteiger partial charge in [-0.3, -0.25) is 0 Å². The van der Waals surface area contributed by atoms with E-state index in [1.807, 2.05) is 0 Å². The van der Waals surface area contributed by atoms with E-state index in [0.717, 1.165) is 6.54 Å². The highest BCUT2D eigenvalue weighted by atomic mass is 32.1. The molecule has 1 aromatic heterocycles. The second kappa shape index (κ2) is 4.64. The fourth-order valence-corrected chi connectivity index (χ4v) is 3.34. The molecule has 1 heterocycles. The molecule has 0 bridgehead atoms. The number of thiazole rings is 1. The van der Waals surface area contributed by atoms with Crippen molar-refractivity contribution >= 4 is 29.6 Å². The zero-order chi connectivity index (χ0) is 12.5. The van der Waals surface area contributed by atoms with Crippen LogP contribution in [-0.4, -0.2) is 8.07 Å². The minimum atomic E-state index is -1.29. The van der Waals surface area contributed by atoms with E-state index in [-0.39, 0.29) is 0 Å². The van der Waals surface area contributed by atoms with Gasteiger partial charge >= 0.3 is 5.01 Å². The van der Waals surface area contributed by atoms with Gasteiger partial charge in [0.25, 0.3) is 0 Å². The quantitative estimate of drug-likeness (QED) is 0.420. The third kappa shape index (κ3) is 2.77. The Balaban J connectivity index is 2.57. The van der Waals surface area contributed by atoms with Gasteiger partial charge in [-0.25, -0.2) is 0 Å². The van der Waals surface area contributed by atoms with E-state index >= 15 is 0 Å². The number of nitrogens with zero attached hydrogens (tertiary/aromatic N) is 1. The van der Waals surface area contributed by atoms with Crippen molar-refractivity contribution in [2.45, 2.75) is 33.1 Å². The van der Waals surface area contributed by atoms with E-state index in [1.165, 1.54) is 15.2 Å². The monoisotopic (exact) mass is 260 g/mol. The van der Waals surface area contributed by atoms with Crippen LogP contribution in [0.15, 0.2) is 24.3 Å². The van der Waals surface area contributed by atoms with Crippen LogP contribution in [0.4, 0.5) is 0 Å². The fourth-order valence-electron chi connectivity index (χ4n) is 1.68. The number of aryl methyl sites for hydroxylation is 1. The number of rotatable bonds is 1. The predicted octanol–water partition coefficient (Wildman–Crippen LogP) is 3.44. The van der Waals surface area contributed by atoms with Gasteiger partial charge < -0.3 is 0 Å². The normalized spacial score (nSPS) is 11.3. The lowest BCUT2D eigenvalue weighted by Gasteiger charge is -2.02. The maximum Gasteiger partial charge on any atom is 0.314 e. The molecule has 0 aliphatic rings. The third-order valence-corrected chi connectivity index (χ3v) is 4.42. The van der Waals surface area contributed by atoms with Gasteiger partial charge in [0.2, 0.25) is 5.52 Å². The Morgan fingerprint density at radius 1 is 1.24 bits per heavy atom. The van der Waals surface area contributed by atoms with E-state index in [4.69, 9.17) is 0 Å². The first-order chi connectivity index (χ1) is 8.01. The summed E-state index contributed by atoms with van der Waals surface area (Å²) in [7, 11) is -1.29. The average molecular weight is 260 g/mol. The highest BCUT2D eigenvalue weighted by Gasteiger charge is 2.17. The molecule has 0 saturated carbocycles. The van der Waals surface area contributed by atoms with Crippen LogP contribution in [0.2, 0.25) is 19.6 Å². The summed E-state index contributed by atoms with van der Waals surface area (Å²) in [5.41, 5.74) is 4.76. The Labute approximate surface area is 108 Å². The van der Waals surface area contributed by atoms with Gasteiger partial charge in [0.15, 0.2) is 0 Å². The lowest BCUT2D eigenvalue weighted by molar-refractivity contribution is -0.665. The number of hydrogen-bond acceptors (Lipinski definition) is 1. The van der Waals surface area contributed by atoms with E-state index in [2.05, 4.69) is 66.9 Å². The van der Waals surface area contributed by atoms with E-state index in [0.29, 0.717) is 0 Å². The molecule has 1 nitrogen and oxygen atoms in total. The molecule has 88 valence electrons. The molecule has 0 N–H and O–H groups in total. The first kappa shape index (κ1) is 12.3. The van der Waals surface area contributed by atoms with Crippen LogP contribution in [0.5, 0.6) is 0 Å². The summed E-state index contributed by atoms with van der Waals surface area (Å²) in [6.07, 6.45) is 0. The fraction of sp³-hybridized carbons (Fsp3) is 0.357. The van der Waals surface area contributed by atoms with E-state index < -0.39 is 8.07 Å². The molecule has 0 unspecified atom stereocenters. The molecule has 0 radical (unpaired) electrons. The number of para-hydroxylation sites is 1. The lowest BCUT2D eigenvalue weighted by Crippen LogP contribution is -2.34. The van der Waals surface area contributed by atoms with Crippen molar-refractivity contribution in [2.75, 3.05) is 0 Å². The van der Waals surface area contributed by atoms with Crippen LogP contribution < -0.4 is 4.57 Å². The Hall–Kier alpha value is -1.11. The van der Waals surface area contributed by atoms with Gasteiger partial charge in [0, 0.05) is 12.0 Å². The Kier molecular flexibility index (Phi) is 3.37. The van der Waals surface area contributed by atoms with Gasteiger partial charge in [-0.05, 0) is 13.0 Å². The van der Waals surface area contributed by atoms with Crippen LogP contribution >= 0.6 is 11.3 Å². The molecule has 3 heteroatoms. The van der Waals surface area contributed by atoms with Crippen molar-refractivity contribution < 1.29 is 4.57 Å². The Bertz CT molecular complexity index is 596. The molecular formula is C14H18NSSi+. The first-order valence-electron chi connectivity index (χ1n) is 5.96. The smallest absolute Gasteiger partial charge is 0.175 e. The molecule has 0 aliphatic heterocycles. The second-order valence-electron chi connectivity index (χ2n) is 5.12. The van der Waals surface area contributed by atoms with Crippen molar-refractivity contribution in [3.05, 3.63) is 29.3 Å². The van der Waals surface area contributed by atoms with Gasteiger partial charge in [-0.1, -0.05) is 43.1 Å². The van der Waals surface area contributed by atoms with Crippen LogP contribution in [0, 0.1) is 11.5 Å². The minimum absolute atomic E-state index is 0.986. The minimum Gasteiger partial charge on any atom is -0.175 e. The predicted molar refractivity (Wildman–Crippen MR) is 77.9 cm³/mol. The molecule has 2 rings (SSSR count). The van der Waals surface area contributed by atoms with Gasteiger partial charge in [0.05, 0.1) is 0 Å². The molecule has 1 aromatic carbocycles. The molecule has 0 saturated heterocycles. The van der Waals surface area contributed by atoms with Crippen molar-refractivity contribution in [3.63, 3.8) is 0 Å². The van der Waals surface area contributed by atoms with Crippen LogP contribution in [-0.2, 0) is 6.54 Å². The maximum atomic E-state index is 3.45. The van der Waals surface area contributed by atoms with Crippen molar-refractivity contribution in [1.29, 1.82) is 0 Å². The highest BCUT2D eigenvalue weighted by molar-refractivity contribution is 7.18. The molecule has 17 heavy (non-hydrogen) atoms. The van der Waals surface area contributed by atoms with Gasteiger partial charge in [0.1, 0.15) is 19.3 Å². The van der Waals surface area contributed by atoms with Crippen molar-refractivity contribution in [1.82, 2.24) is 0 Å². The van der Waals surface area contributed by atoms with Crippen molar-refractivity contribution in [2.24, 2.45) is 0 Å². The van der Waals surface area contributed by atoms with Crippen LogP contribution in [0.25, 0.3) is 10.2 Å². The third-order valence-electron chi connectivity index (χ3n) is 2.47. The Morgan fingerprint density at radius 3 is 2.59 bits per heavy atom. The summed E-state index contributed by atoms with van der Waals surface area (Å²) in [4.78, 5) is 0.